The molecule has 0 nitrogen and oxygen atoms in total. The molecule has 0 heterocycles. The summed E-state index contributed by atoms with van der Waals surface area (Å²) >= 11 is 1.47. The minimum absolute atomic E-state index is 0.717. The minimum atomic E-state index is 0.717. The van der Waals surface area contributed by atoms with Crippen LogP contribution in [0.5, 0.6) is 0 Å². The molecule has 0 bridgehead atoms. The van der Waals surface area contributed by atoms with Crippen LogP contribution in [0.1, 0.15) is 47.0 Å². The first-order chi connectivity index (χ1) is 4.56. The Hall–Kier alpha value is 0.623. The van der Waals surface area contributed by atoms with Crippen LogP contribution in [0, 0.1) is 5.92 Å². The van der Waals surface area contributed by atoms with Crippen molar-refractivity contribution in [2.24, 2.45) is 5.92 Å². The van der Waals surface area contributed by atoms with Crippen molar-refractivity contribution >= 4 is 0 Å². The zero-order valence-electron chi connectivity index (χ0n) is 7.91. The molecule has 0 aliphatic carbocycles. The zero-order valence-corrected chi connectivity index (χ0v) is 10.9. The molecule has 0 radical (unpaired) electrons. The summed E-state index contributed by atoms with van der Waals surface area (Å²) in [5.74, 6) is 0.887. The van der Waals surface area contributed by atoms with Crippen molar-refractivity contribution in [1.82, 2.24) is 0 Å². The van der Waals surface area contributed by atoms with Gasteiger partial charge in [-0.25, -0.2) is 0 Å². The summed E-state index contributed by atoms with van der Waals surface area (Å²) in [7, 11) is 0. The van der Waals surface area contributed by atoms with Crippen LogP contribution in [0.15, 0.2) is 0 Å². The van der Waals surface area contributed by atoms with Gasteiger partial charge in [-0.15, -0.1) is 0 Å². The van der Waals surface area contributed by atoms with Gasteiger partial charge < -0.3 is 0 Å². The van der Waals surface area contributed by atoms with Gasteiger partial charge in [0.2, 0.25) is 0 Å². The first kappa shape index (κ1) is 10.6. The topological polar surface area (TPSA) is 0 Å². The standard InChI is InChI=1S/C9H19.Zn/c1-5-7-9(6-2)8(3)4;/h8H,5-7H2,1-4H3;. The van der Waals surface area contributed by atoms with Crippen LogP contribution >= 0.6 is 0 Å². The molecule has 0 spiro atoms. The van der Waals surface area contributed by atoms with E-state index < -0.39 is 0 Å². The zero-order chi connectivity index (χ0) is 8.20. The predicted octanol–water partition coefficient (Wildman–Crippen LogP) is 3.56. The normalized spacial score (nSPS) is 17.5. The fourth-order valence-electron chi connectivity index (χ4n) is 1.37. The average molecular weight is 193 g/mol. The molecule has 0 saturated carbocycles. The van der Waals surface area contributed by atoms with E-state index in [9.17, 15) is 0 Å². The molecule has 0 rings (SSSR count). The molecular formula is C9H19Zn. The van der Waals surface area contributed by atoms with Gasteiger partial charge >= 0.3 is 75.2 Å². The Morgan fingerprint density at radius 2 is 1.80 bits per heavy atom. The Kier molecular flexibility index (Phi) is 4.77. The van der Waals surface area contributed by atoms with E-state index in [0.29, 0.717) is 0 Å². The molecule has 0 aromatic heterocycles. The van der Waals surface area contributed by atoms with E-state index in [1.807, 2.05) is 0 Å². The molecule has 0 saturated heterocycles. The van der Waals surface area contributed by atoms with Crippen LogP contribution in [-0.4, -0.2) is 0 Å². The van der Waals surface area contributed by atoms with Crippen molar-refractivity contribution in [3.05, 3.63) is 0 Å². The summed E-state index contributed by atoms with van der Waals surface area (Å²) < 4.78 is 0.717. The van der Waals surface area contributed by atoms with Crippen LogP contribution in [0.2, 0.25) is 4.01 Å². The molecule has 57 valence electrons. The number of hydrogen-bond acceptors (Lipinski definition) is 0. The third-order valence-corrected chi connectivity index (χ3v) is 6.18. The number of rotatable bonds is 4. The van der Waals surface area contributed by atoms with Gasteiger partial charge in [-0.2, -0.15) is 0 Å². The predicted molar refractivity (Wildman–Crippen MR) is 42.7 cm³/mol. The molecule has 0 aliphatic rings. The summed E-state index contributed by atoms with van der Waals surface area (Å²) in [6, 6.07) is 0. The van der Waals surface area contributed by atoms with Gasteiger partial charge in [0.1, 0.15) is 0 Å². The SMILES string of the molecule is CCC[C]([Zn])(CC)C(C)C. The molecule has 1 unspecified atom stereocenters. The molecule has 1 heteroatoms. The second kappa shape index (κ2) is 4.49. The van der Waals surface area contributed by atoms with Gasteiger partial charge in [-0.3, -0.25) is 0 Å². The Morgan fingerprint density at radius 3 is 1.90 bits per heavy atom. The first-order valence-corrected chi connectivity index (χ1v) is 5.90. The van der Waals surface area contributed by atoms with E-state index in [4.69, 9.17) is 0 Å². The second-order valence-electron chi connectivity index (χ2n) is 3.62. The average Bonchev–Trinajstić information content (AvgIpc) is 1.88. The van der Waals surface area contributed by atoms with Crippen LogP contribution < -0.4 is 0 Å². The van der Waals surface area contributed by atoms with Crippen molar-refractivity contribution in [1.29, 1.82) is 0 Å². The van der Waals surface area contributed by atoms with Gasteiger partial charge in [-0.1, -0.05) is 0 Å². The summed E-state index contributed by atoms with van der Waals surface area (Å²) in [6.07, 6.45) is 4.16. The molecule has 0 aromatic carbocycles. The van der Waals surface area contributed by atoms with Crippen LogP contribution in [0.3, 0.4) is 0 Å². The van der Waals surface area contributed by atoms with Crippen molar-refractivity contribution in [2.75, 3.05) is 0 Å². The fourth-order valence-corrected chi connectivity index (χ4v) is 2.11. The van der Waals surface area contributed by atoms with Crippen molar-refractivity contribution < 1.29 is 18.3 Å². The molecule has 1 atom stereocenters. The van der Waals surface area contributed by atoms with Crippen molar-refractivity contribution in [2.45, 2.75) is 51.0 Å². The Morgan fingerprint density at radius 1 is 1.30 bits per heavy atom. The van der Waals surface area contributed by atoms with E-state index in [-0.39, 0.29) is 0 Å². The monoisotopic (exact) mass is 191 g/mol. The maximum atomic E-state index is 2.36. The van der Waals surface area contributed by atoms with E-state index >= 15 is 0 Å². The van der Waals surface area contributed by atoms with Crippen molar-refractivity contribution in [3.8, 4) is 0 Å². The first-order valence-electron chi connectivity index (χ1n) is 4.42. The summed E-state index contributed by atoms with van der Waals surface area (Å²) in [6.45, 7) is 9.35. The molecule has 0 aliphatic heterocycles. The van der Waals surface area contributed by atoms with Gasteiger partial charge in [0, 0.05) is 0 Å². The van der Waals surface area contributed by atoms with E-state index in [1.54, 1.807) is 0 Å². The van der Waals surface area contributed by atoms with Crippen LogP contribution in [0.25, 0.3) is 0 Å². The van der Waals surface area contributed by atoms with E-state index in [2.05, 4.69) is 27.7 Å². The van der Waals surface area contributed by atoms with Gasteiger partial charge in [0.05, 0.1) is 0 Å². The molecule has 0 fully saturated rings. The van der Waals surface area contributed by atoms with E-state index in [1.165, 1.54) is 37.6 Å². The second-order valence-corrected chi connectivity index (χ2v) is 6.58. The Labute approximate surface area is 75.5 Å². The summed E-state index contributed by atoms with van der Waals surface area (Å²) in [5.41, 5.74) is 0. The Bertz CT molecular complexity index is 88.7. The maximum absolute atomic E-state index is 2.36. The summed E-state index contributed by atoms with van der Waals surface area (Å²) in [4.78, 5) is 0. The van der Waals surface area contributed by atoms with Crippen molar-refractivity contribution in [3.63, 3.8) is 0 Å². The third-order valence-electron chi connectivity index (χ3n) is 2.68. The third kappa shape index (κ3) is 2.70. The van der Waals surface area contributed by atoms with Gasteiger partial charge in [0.15, 0.2) is 0 Å². The molecular weight excluding hydrogens is 173 g/mol. The van der Waals surface area contributed by atoms with E-state index in [0.717, 1.165) is 9.93 Å². The van der Waals surface area contributed by atoms with Gasteiger partial charge in [0.25, 0.3) is 0 Å². The molecule has 10 heavy (non-hydrogen) atoms. The molecule has 0 amide bonds. The fraction of sp³-hybridized carbons (Fsp3) is 1.00. The Balaban J connectivity index is 3.94. The van der Waals surface area contributed by atoms with Crippen LogP contribution in [-0.2, 0) is 18.3 Å². The van der Waals surface area contributed by atoms with Gasteiger partial charge in [-0.05, 0) is 0 Å². The number of hydrogen-bond donors (Lipinski definition) is 0. The molecule has 0 aromatic rings. The quantitative estimate of drug-likeness (QED) is 0.598. The molecule has 0 N–H and O–H groups in total. The van der Waals surface area contributed by atoms with Crippen LogP contribution in [0.4, 0.5) is 0 Å². The summed E-state index contributed by atoms with van der Waals surface area (Å²) in [5, 5.41) is 0.